The molecule has 10 heteroatoms. The molecule has 0 aliphatic heterocycles. The maximum atomic E-state index is 13.2. The number of Topliss-reactive ketones (excluding diaryl/α,β-unsaturated/α-hetero) is 1. The Morgan fingerprint density at radius 3 is 2.35 bits per heavy atom. The van der Waals surface area contributed by atoms with Crippen molar-refractivity contribution in [3.63, 3.8) is 0 Å². The Hall–Kier alpha value is -5.09. The molecule has 0 saturated carbocycles. The van der Waals surface area contributed by atoms with E-state index >= 15 is 0 Å². The number of nitrogens with zero attached hydrogens (tertiary/aromatic N) is 2. The van der Waals surface area contributed by atoms with Gasteiger partial charge in [0.2, 0.25) is 17.5 Å². The predicted molar refractivity (Wildman–Crippen MR) is 162 cm³/mol. The molecule has 0 aliphatic rings. The molecule has 2 amide bonds. The number of rotatable bonds is 15. The SMILES string of the molecule is NCCCCC(NC(=O)OCc1ccccc1)C(=O)c1noc(Cc2ccc(C(=O)NCC=Cc3ccccc3)cc2)n1. The van der Waals surface area contributed by atoms with Gasteiger partial charge in [-0.15, -0.1) is 0 Å². The van der Waals surface area contributed by atoms with Gasteiger partial charge in [-0.25, -0.2) is 4.79 Å². The van der Waals surface area contributed by atoms with E-state index in [9.17, 15) is 14.4 Å². The molecule has 3 aromatic carbocycles. The Kier molecular flexibility index (Phi) is 11.8. The summed E-state index contributed by atoms with van der Waals surface area (Å²) in [5.74, 6) is -0.558. The third-order valence-corrected chi connectivity index (χ3v) is 6.52. The van der Waals surface area contributed by atoms with Crippen LogP contribution in [0.15, 0.2) is 95.5 Å². The second kappa shape index (κ2) is 16.4. The molecular formula is C33H35N5O5. The number of ether oxygens (including phenoxy) is 1. The molecule has 10 nitrogen and oxygen atoms in total. The predicted octanol–water partition coefficient (Wildman–Crippen LogP) is 4.71. The van der Waals surface area contributed by atoms with E-state index in [1.807, 2.05) is 72.8 Å². The first-order valence-electron chi connectivity index (χ1n) is 14.1. The third-order valence-electron chi connectivity index (χ3n) is 6.52. The molecule has 1 aromatic heterocycles. The van der Waals surface area contributed by atoms with Crippen molar-refractivity contribution in [1.29, 1.82) is 0 Å². The molecule has 222 valence electrons. The largest absolute Gasteiger partial charge is 0.445 e. The molecule has 0 spiro atoms. The van der Waals surface area contributed by atoms with Crippen LogP contribution in [0.5, 0.6) is 0 Å². The van der Waals surface area contributed by atoms with Crippen LogP contribution in [0.4, 0.5) is 4.79 Å². The van der Waals surface area contributed by atoms with Crippen LogP contribution in [-0.2, 0) is 17.8 Å². The normalized spacial score (nSPS) is 11.7. The number of nitrogens with one attached hydrogen (secondary N) is 2. The lowest BCUT2D eigenvalue weighted by atomic mass is 10.0. The first-order valence-corrected chi connectivity index (χ1v) is 14.1. The van der Waals surface area contributed by atoms with Crippen LogP contribution in [0.1, 0.15) is 62.8 Å². The number of unbranched alkanes of at least 4 members (excludes halogenated alkanes) is 1. The molecule has 4 N–H and O–H groups in total. The average molecular weight is 582 g/mol. The highest BCUT2D eigenvalue weighted by atomic mass is 16.5. The second-order valence-corrected chi connectivity index (χ2v) is 9.82. The van der Waals surface area contributed by atoms with Crippen molar-refractivity contribution < 1.29 is 23.6 Å². The van der Waals surface area contributed by atoms with E-state index in [0.29, 0.717) is 37.9 Å². The zero-order valence-corrected chi connectivity index (χ0v) is 23.8. The van der Waals surface area contributed by atoms with Gasteiger partial charge in [-0.3, -0.25) is 9.59 Å². The van der Waals surface area contributed by atoms with Crippen LogP contribution in [0.25, 0.3) is 6.08 Å². The van der Waals surface area contributed by atoms with Gasteiger partial charge >= 0.3 is 6.09 Å². The van der Waals surface area contributed by atoms with E-state index in [1.54, 1.807) is 24.3 Å². The number of carbonyl (C=O) groups excluding carboxylic acids is 3. The van der Waals surface area contributed by atoms with Crippen molar-refractivity contribution in [2.45, 2.75) is 38.3 Å². The lowest BCUT2D eigenvalue weighted by Gasteiger charge is -2.16. The zero-order valence-electron chi connectivity index (χ0n) is 23.8. The van der Waals surface area contributed by atoms with Crippen molar-refractivity contribution in [3.8, 4) is 0 Å². The van der Waals surface area contributed by atoms with Gasteiger partial charge in [0.15, 0.2) is 0 Å². The molecule has 0 fully saturated rings. The second-order valence-electron chi connectivity index (χ2n) is 9.82. The summed E-state index contributed by atoms with van der Waals surface area (Å²) in [4.78, 5) is 42.4. The van der Waals surface area contributed by atoms with Gasteiger partial charge in [-0.1, -0.05) is 90.1 Å². The Morgan fingerprint density at radius 1 is 0.907 bits per heavy atom. The third kappa shape index (κ3) is 10.0. The van der Waals surface area contributed by atoms with E-state index in [2.05, 4.69) is 20.8 Å². The summed E-state index contributed by atoms with van der Waals surface area (Å²) >= 11 is 0. The van der Waals surface area contributed by atoms with Crippen molar-refractivity contribution in [1.82, 2.24) is 20.8 Å². The summed E-state index contributed by atoms with van der Waals surface area (Å²) in [5.41, 5.74) is 8.84. The summed E-state index contributed by atoms with van der Waals surface area (Å²) in [6.45, 7) is 0.951. The van der Waals surface area contributed by atoms with Crippen molar-refractivity contribution in [3.05, 3.63) is 125 Å². The maximum absolute atomic E-state index is 13.2. The number of nitrogens with two attached hydrogens (primary N) is 1. The summed E-state index contributed by atoms with van der Waals surface area (Å²) in [7, 11) is 0. The molecule has 4 aromatic rings. The highest BCUT2D eigenvalue weighted by molar-refractivity contribution is 5.98. The lowest BCUT2D eigenvalue weighted by Crippen LogP contribution is -2.41. The van der Waals surface area contributed by atoms with Crippen LogP contribution >= 0.6 is 0 Å². The number of ketones is 1. The van der Waals surface area contributed by atoms with E-state index in [0.717, 1.165) is 16.7 Å². The van der Waals surface area contributed by atoms with Crippen LogP contribution < -0.4 is 16.4 Å². The fourth-order valence-corrected chi connectivity index (χ4v) is 4.21. The number of aromatic nitrogens is 2. The highest BCUT2D eigenvalue weighted by Crippen LogP contribution is 2.13. The van der Waals surface area contributed by atoms with Crippen LogP contribution in [0.3, 0.4) is 0 Å². The fourth-order valence-electron chi connectivity index (χ4n) is 4.21. The van der Waals surface area contributed by atoms with Gasteiger partial charge in [-0.05, 0) is 54.6 Å². The number of hydrogen-bond acceptors (Lipinski definition) is 8. The monoisotopic (exact) mass is 581 g/mol. The van der Waals surface area contributed by atoms with Crippen LogP contribution in [-0.4, -0.2) is 47.1 Å². The number of alkyl carbamates (subject to hydrolysis) is 1. The molecular weight excluding hydrogens is 546 g/mol. The molecule has 0 radical (unpaired) electrons. The summed E-state index contributed by atoms with van der Waals surface area (Å²) in [5, 5.41) is 9.34. The van der Waals surface area contributed by atoms with E-state index in [4.69, 9.17) is 15.0 Å². The molecule has 4 rings (SSSR count). The number of amides is 2. The summed E-state index contributed by atoms with van der Waals surface area (Å²) in [6, 6.07) is 25.2. The lowest BCUT2D eigenvalue weighted by molar-refractivity contribution is 0.0896. The minimum atomic E-state index is -0.888. The van der Waals surface area contributed by atoms with E-state index in [1.165, 1.54) is 0 Å². The van der Waals surface area contributed by atoms with Crippen LogP contribution in [0.2, 0.25) is 0 Å². The first-order chi connectivity index (χ1) is 21.0. The van der Waals surface area contributed by atoms with Gasteiger partial charge in [0, 0.05) is 12.1 Å². The standard InChI is InChI=1S/C33H35N5O5/c34-20-8-7-15-28(36-33(41)42-23-26-12-5-2-6-13-26)30(39)31-37-29(43-38-31)22-25-16-18-27(19-17-25)32(40)35-21-9-14-24-10-3-1-4-11-24/h1-6,9-14,16-19,28H,7-8,15,20-23,34H2,(H,35,40)(H,36,41). The van der Waals surface area contributed by atoms with Crippen LogP contribution in [0, 0.1) is 0 Å². The smallest absolute Gasteiger partial charge is 0.408 e. The van der Waals surface area contributed by atoms with Gasteiger partial charge in [0.1, 0.15) is 6.61 Å². The van der Waals surface area contributed by atoms with Gasteiger partial charge in [-0.2, -0.15) is 4.98 Å². The number of hydrogen-bond donors (Lipinski definition) is 3. The highest BCUT2D eigenvalue weighted by Gasteiger charge is 2.27. The number of benzene rings is 3. The van der Waals surface area contributed by atoms with Gasteiger partial charge < -0.3 is 25.6 Å². The Balaban J connectivity index is 1.29. The Bertz CT molecular complexity index is 1490. The zero-order chi connectivity index (χ0) is 30.3. The van der Waals surface area contributed by atoms with Crippen molar-refractivity contribution in [2.24, 2.45) is 5.73 Å². The Morgan fingerprint density at radius 2 is 1.63 bits per heavy atom. The first kappa shape index (κ1) is 30.9. The quantitative estimate of drug-likeness (QED) is 0.135. The number of carbonyl (C=O) groups is 3. The topological polar surface area (TPSA) is 149 Å². The minimum absolute atomic E-state index is 0.0779. The fraction of sp³-hybridized carbons (Fsp3) is 0.242. The van der Waals surface area contributed by atoms with Crippen molar-refractivity contribution in [2.75, 3.05) is 13.1 Å². The molecule has 1 atom stereocenters. The maximum Gasteiger partial charge on any atom is 0.408 e. The molecule has 1 heterocycles. The Labute approximate surface area is 250 Å². The van der Waals surface area contributed by atoms with Crippen molar-refractivity contribution >= 4 is 23.9 Å². The molecule has 0 bridgehead atoms. The van der Waals surface area contributed by atoms with Gasteiger partial charge in [0.25, 0.3) is 5.91 Å². The summed E-state index contributed by atoms with van der Waals surface area (Å²) < 4.78 is 10.6. The molecule has 0 saturated heterocycles. The molecule has 1 unspecified atom stereocenters. The van der Waals surface area contributed by atoms with E-state index < -0.39 is 17.9 Å². The summed E-state index contributed by atoms with van der Waals surface area (Å²) in [6.07, 6.45) is 5.07. The minimum Gasteiger partial charge on any atom is -0.445 e. The van der Waals surface area contributed by atoms with Gasteiger partial charge in [0.05, 0.1) is 12.5 Å². The molecule has 43 heavy (non-hydrogen) atoms. The van der Waals surface area contributed by atoms with E-state index in [-0.39, 0.29) is 30.7 Å². The molecule has 0 aliphatic carbocycles. The average Bonchev–Trinajstić information content (AvgIpc) is 3.51.